The van der Waals surface area contributed by atoms with Crippen molar-refractivity contribution in [1.82, 2.24) is 14.9 Å². The van der Waals surface area contributed by atoms with Gasteiger partial charge in [-0.1, -0.05) is 30.0 Å². The Morgan fingerprint density at radius 2 is 2.00 bits per heavy atom. The predicted molar refractivity (Wildman–Crippen MR) is 124 cm³/mol. The number of benzene rings is 2. The smallest absolute Gasteiger partial charge is 0.233 e. The molecule has 0 saturated heterocycles. The Labute approximate surface area is 192 Å². The van der Waals surface area contributed by atoms with E-state index in [4.69, 9.17) is 14.2 Å². The maximum atomic E-state index is 12.7. The quantitative estimate of drug-likeness (QED) is 0.517. The van der Waals surface area contributed by atoms with E-state index in [9.17, 15) is 4.79 Å². The van der Waals surface area contributed by atoms with E-state index in [-0.39, 0.29) is 11.2 Å². The number of para-hydroxylation sites is 1. The van der Waals surface area contributed by atoms with E-state index in [2.05, 4.69) is 21.8 Å². The molecule has 8 heteroatoms. The van der Waals surface area contributed by atoms with Gasteiger partial charge in [0.1, 0.15) is 19.0 Å². The Bertz CT molecular complexity index is 1100. The average molecular weight is 454 g/mol. The lowest BCUT2D eigenvalue weighted by molar-refractivity contribution is -0.120. The highest BCUT2D eigenvalue weighted by atomic mass is 32.2. The maximum Gasteiger partial charge on any atom is 0.233 e. The minimum Gasteiger partial charge on any atom is -0.496 e. The van der Waals surface area contributed by atoms with E-state index in [0.717, 1.165) is 45.8 Å². The highest BCUT2D eigenvalue weighted by Gasteiger charge is 2.20. The summed E-state index contributed by atoms with van der Waals surface area (Å²) in [6.45, 7) is 6.23. The molecular weight excluding hydrogens is 426 g/mol. The third-order valence-corrected chi connectivity index (χ3v) is 6.37. The van der Waals surface area contributed by atoms with Crippen LogP contribution in [0.25, 0.3) is 11.3 Å². The van der Waals surface area contributed by atoms with Crippen molar-refractivity contribution in [2.75, 3.05) is 20.3 Å². The summed E-state index contributed by atoms with van der Waals surface area (Å²) in [5.41, 5.74) is 2.92. The number of hydrogen-bond acceptors (Lipinski definition) is 6. The number of nitrogens with one attached hydrogen (secondary N) is 1. The molecule has 1 atom stereocenters. The largest absolute Gasteiger partial charge is 0.496 e. The van der Waals surface area contributed by atoms with Crippen LogP contribution < -0.4 is 19.5 Å². The number of carbonyl (C=O) groups excluding carboxylic acids is 1. The Kier molecular flexibility index (Phi) is 6.90. The average Bonchev–Trinajstić information content (AvgIpc) is 3.24. The van der Waals surface area contributed by atoms with Crippen molar-refractivity contribution >= 4 is 17.7 Å². The van der Waals surface area contributed by atoms with E-state index < -0.39 is 0 Å². The Hall–Kier alpha value is -3.13. The maximum absolute atomic E-state index is 12.7. The van der Waals surface area contributed by atoms with Crippen molar-refractivity contribution in [2.24, 2.45) is 0 Å². The number of hydrogen-bond donors (Lipinski definition) is 1. The van der Waals surface area contributed by atoms with Gasteiger partial charge in [0.15, 0.2) is 16.7 Å². The molecule has 0 radical (unpaired) electrons. The number of nitrogens with zero attached hydrogens (tertiary/aromatic N) is 2. The van der Waals surface area contributed by atoms with Gasteiger partial charge in [0.05, 0.1) is 24.3 Å². The van der Waals surface area contributed by atoms with E-state index in [1.807, 2.05) is 55.6 Å². The lowest BCUT2D eigenvalue weighted by Gasteiger charge is -2.19. The monoisotopic (exact) mass is 453 g/mol. The Morgan fingerprint density at radius 3 is 2.78 bits per heavy atom. The molecule has 1 N–H and O–H groups in total. The van der Waals surface area contributed by atoms with Crippen LogP contribution in [0.5, 0.6) is 17.2 Å². The summed E-state index contributed by atoms with van der Waals surface area (Å²) in [4.78, 5) is 17.3. The molecule has 2 heterocycles. The number of fused-ring (bicyclic) bond motifs is 1. The first kappa shape index (κ1) is 22.1. The second-order valence-electron chi connectivity index (χ2n) is 7.32. The molecule has 1 amide bonds. The Balaban J connectivity index is 1.45. The van der Waals surface area contributed by atoms with Crippen LogP contribution in [0, 0.1) is 0 Å². The molecule has 4 rings (SSSR count). The lowest BCUT2D eigenvalue weighted by atomic mass is 10.1. The van der Waals surface area contributed by atoms with E-state index in [1.54, 1.807) is 7.11 Å². The zero-order valence-corrected chi connectivity index (χ0v) is 19.3. The Morgan fingerprint density at radius 1 is 1.22 bits per heavy atom. The number of imidazole rings is 1. The number of thioether (sulfide) groups is 1. The van der Waals surface area contributed by atoms with E-state index in [0.29, 0.717) is 19.8 Å². The zero-order valence-electron chi connectivity index (χ0n) is 18.5. The molecule has 32 heavy (non-hydrogen) atoms. The van der Waals surface area contributed by atoms with Gasteiger partial charge >= 0.3 is 0 Å². The normalized spacial score (nSPS) is 13.5. The summed E-state index contributed by atoms with van der Waals surface area (Å²) in [6.07, 6.45) is 1.84. The first-order valence-corrected chi connectivity index (χ1v) is 11.5. The van der Waals surface area contributed by atoms with Gasteiger partial charge in [0, 0.05) is 24.2 Å². The third-order valence-electron chi connectivity index (χ3n) is 5.27. The van der Waals surface area contributed by atoms with Gasteiger partial charge in [-0.15, -0.1) is 0 Å². The number of amides is 1. The van der Waals surface area contributed by atoms with Gasteiger partial charge < -0.3 is 24.1 Å². The first-order chi connectivity index (χ1) is 15.6. The van der Waals surface area contributed by atoms with Crippen LogP contribution in [0.2, 0.25) is 0 Å². The molecule has 3 aromatic rings. The number of carbonyl (C=O) groups is 1. The first-order valence-electron chi connectivity index (χ1n) is 10.6. The fraction of sp³-hybridized carbons (Fsp3) is 0.333. The van der Waals surface area contributed by atoms with Crippen LogP contribution in [0.3, 0.4) is 0 Å². The number of methoxy groups -OCH3 is 1. The van der Waals surface area contributed by atoms with Crippen LogP contribution in [-0.2, 0) is 17.9 Å². The van der Waals surface area contributed by atoms with Gasteiger partial charge in [-0.05, 0) is 38.1 Å². The number of rotatable bonds is 8. The van der Waals surface area contributed by atoms with Crippen LogP contribution in [0.4, 0.5) is 0 Å². The van der Waals surface area contributed by atoms with Gasteiger partial charge in [-0.25, -0.2) is 4.98 Å². The van der Waals surface area contributed by atoms with Crippen LogP contribution in [-0.4, -0.2) is 41.0 Å². The molecule has 1 aliphatic heterocycles. The summed E-state index contributed by atoms with van der Waals surface area (Å²) in [6, 6.07) is 13.6. The second kappa shape index (κ2) is 9.99. The fourth-order valence-electron chi connectivity index (χ4n) is 3.58. The van der Waals surface area contributed by atoms with Crippen molar-refractivity contribution in [1.29, 1.82) is 0 Å². The molecule has 0 aliphatic carbocycles. The topological polar surface area (TPSA) is 74.6 Å². The van der Waals surface area contributed by atoms with Crippen molar-refractivity contribution < 1.29 is 19.0 Å². The van der Waals surface area contributed by atoms with Crippen molar-refractivity contribution in [3.63, 3.8) is 0 Å². The van der Waals surface area contributed by atoms with Gasteiger partial charge in [0.2, 0.25) is 5.91 Å². The number of aromatic nitrogens is 2. The fourth-order valence-corrected chi connectivity index (χ4v) is 4.55. The summed E-state index contributed by atoms with van der Waals surface area (Å²) >= 11 is 1.44. The summed E-state index contributed by atoms with van der Waals surface area (Å²) < 4.78 is 18.8. The molecule has 0 saturated carbocycles. The highest BCUT2D eigenvalue weighted by Crippen LogP contribution is 2.36. The van der Waals surface area contributed by atoms with Crippen LogP contribution in [0.15, 0.2) is 53.8 Å². The minimum atomic E-state index is -0.300. The van der Waals surface area contributed by atoms with E-state index in [1.165, 1.54) is 11.8 Å². The molecule has 0 spiro atoms. The molecule has 0 fully saturated rings. The van der Waals surface area contributed by atoms with Crippen molar-refractivity contribution in [2.45, 2.75) is 37.3 Å². The number of ether oxygens (including phenoxy) is 3. The van der Waals surface area contributed by atoms with Crippen LogP contribution in [0.1, 0.15) is 19.4 Å². The van der Waals surface area contributed by atoms with E-state index >= 15 is 0 Å². The second-order valence-corrected chi connectivity index (χ2v) is 8.63. The molecule has 168 valence electrons. The highest BCUT2D eigenvalue weighted by molar-refractivity contribution is 8.00. The summed E-state index contributed by atoms with van der Waals surface area (Å²) in [5, 5.41) is 3.50. The molecule has 0 bridgehead atoms. The molecular formula is C24H27N3O4S. The van der Waals surface area contributed by atoms with Crippen molar-refractivity contribution in [3.8, 4) is 28.5 Å². The van der Waals surface area contributed by atoms with Gasteiger partial charge in [-0.3, -0.25) is 4.79 Å². The van der Waals surface area contributed by atoms with Gasteiger partial charge in [0.25, 0.3) is 0 Å². The SMILES string of the molecule is CCn1c(-c2ccc3c(c2)OCCO3)cnc1SC(C)C(=O)NCc1ccccc1OC. The third kappa shape index (κ3) is 4.70. The summed E-state index contributed by atoms with van der Waals surface area (Å²) in [7, 11) is 1.63. The molecule has 1 aromatic heterocycles. The minimum absolute atomic E-state index is 0.0487. The standard InChI is InChI=1S/C24H27N3O4S/c1-4-27-19(17-9-10-21-22(13-17)31-12-11-30-21)15-26-24(27)32-16(2)23(28)25-14-18-7-5-6-8-20(18)29-3/h5-10,13,15-16H,4,11-12,14H2,1-3H3,(H,25,28). The van der Waals surface area contributed by atoms with Gasteiger partial charge in [-0.2, -0.15) is 0 Å². The zero-order chi connectivity index (χ0) is 22.5. The lowest BCUT2D eigenvalue weighted by Crippen LogP contribution is -2.30. The predicted octanol–water partition coefficient (Wildman–Crippen LogP) is 4.15. The molecule has 2 aromatic carbocycles. The molecule has 7 nitrogen and oxygen atoms in total. The summed E-state index contributed by atoms with van der Waals surface area (Å²) in [5.74, 6) is 2.22. The van der Waals surface area contributed by atoms with Crippen LogP contribution >= 0.6 is 11.8 Å². The van der Waals surface area contributed by atoms with Crippen molar-refractivity contribution in [3.05, 3.63) is 54.2 Å². The molecule has 1 aliphatic rings. The molecule has 1 unspecified atom stereocenters.